The Morgan fingerprint density at radius 2 is 1.91 bits per heavy atom. The van der Waals surface area contributed by atoms with Crippen LogP contribution in [0.4, 0.5) is 5.82 Å². The van der Waals surface area contributed by atoms with Crippen molar-refractivity contribution in [2.45, 2.75) is 65.8 Å². The number of hydrogen-bond acceptors (Lipinski definition) is 6. The largest absolute Gasteiger partial charge is 0.384 e. The Labute approximate surface area is 190 Å². The highest BCUT2D eigenvalue weighted by Gasteiger charge is 2.29. The summed E-state index contributed by atoms with van der Waals surface area (Å²) < 4.78 is 2.24. The van der Waals surface area contributed by atoms with Crippen LogP contribution in [0.2, 0.25) is 0 Å². The van der Waals surface area contributed by atoms with Crippen molar-refractivity contribution in [3.8, 4) is 0 Å². The first-order valence-electron chi connectivity index (χ1n) is 11.8. The van der Waals surface area contributed by atoms with E-state index in [4.69, 9.17) is 5.73 Å². The number of unbranched alkanes of at least 4 members (excludes halogenated alkanes) is 3. The topological polar surface area (TPSA) is 119 Å². The van der Waals surface area contributed by atoms with Gasteiger partial charge in [0, 0.05) is 26.7 Å². The first kappa shape index (κ1) is 25.8. The Balaban J connectivity index is 2.07. The van der Waals surface area contributed by atoms with Gasteiger partial charge in [0.2, 0.25) is 5.91 Å². The molecule has 1 unspecified atom stereocenters. The lowest BCUT2D eigenvalue weighted by Gasteiger charge is -2.31. The van der Waals surface area contributed by atoms with Gasteiger partial charge in [0.1, 0.15) is 11.4 Å². The van der Waals surface area contributed by atoms with Crippen molar-refractivity contribution in [2.24, 2.45) is 18.9 Å². The average molecular weight is 450 g/mol. The number of nitrogen functional groups attached to an aromatic ring is 1. The molecule has 1 aromatic rings. The maximum atomic E-state index is 13.1. The molecule has 32 heavy (non-hydrogen) atoms. The molecule has 0 aliphatic carbocycles. The second kappa shape index (κ2) is 12.0. The van der Waals surface area contributed by atoms with Crippen LogP contribution >= 0.6 is 0 Å². The van der Waals surface area contributed by atoms with Crippen LogP contribution in [0.3, 0.4) is 0 Å². The summed E-state index contributed by atoms with van der Waals surface area (Å²) in [6, 6.07) is 0. The molecule has 0 radical (unpaired) electrons. The number of carbonyl (C=O) groups is 2. The Bertz CT molecular complexity index is 918. The molecule has 1 aromatic heterocycles. The van der Waals surface area contributed by atoms with E-state index in [2.05, 4.69) is 12.2 Å². The monoisotopic (exact) mass is 449 g/mol. The van der Waals surface area contributed by atoms with Gasteiger partial charge in [-0.3, -0.25) is 28.4 Å². The van der Waals surface area contributed by atoms with E-state index in [1.54, 1.807) is 0 Å². The molecule has 1 aliphatic heterocycles. The van der Waals surface area contributed by atoms with Crippen LogP contribution in [-0.2, 0) is 18.4 Å². The number of likely N-dealkylation sites (tertiary alicyclic amines) is 1. The van der Waals surface area contributed by atoms with E-state index in [1.807, 2.05) is 18.7 Å². The summed E-state index contributed by atoms with van der Waals surface area (Å²) in [5, 5.41) is 3.01. The maximum Gasteiger partial charge on any atom is 0.332 e. The van der Waals surface area contributed by atoms with Crippen LogP contribution in [0.15, 0.2) is 9.59 Å². The number of nitrogens with one attached hydrogen (secondary N) is 1. The number of aromatic nitrogens is 2. The predicted molar refractivity (Wildman–Crippen MR) is 126 cm³/mol. The Hall–Kier alpha value is -2.42. The number of nitrogens with zero attached hydrogens (tertiary/aromatic N) is 3. The van der Waals surface area contributed by atoms with E-state index in [-0.39, 0.29) is 35.7 Å². The van der Waals surface area contributed by atoms with Gasteiger partial charge in [0.05, 0.1) is 12.5 Å². The number of hydrogen-bond donors (Lipinski definition) is 2. The Morgan fingerprint density at radius 3 is 2.56 bits per heavy atom. The van der Waals surface area contributed by atoms with Crippen LogP contribution in [0.5, 0.6) is 0 Å². The van der Waals surface area contributed by atoms with E-state index < -0.39 is 17.0 Å². The summed E-state index contributed by atoms with van der Waals surface area (Å²) in [5.74, 6) is -0.507. The number of nitrogens with two attached hydrogens (primary N) is 1. The number of amides is 1. The molecule has 0 bridgehead atoms. The highest BCUT2D eigenvalue weighted by Crippen LogP contribution is 2.18. The predicted octanol–water partition coefficient (Wildman–Crippen LogP) is 1.38. The van der Waals surface area contributed by atoms with Crippen LogP contribution in [0.1, 0.15) is 69.7 Å². The van der Waals surface area contributed by atoms with Gasteiger partial charge in [-0.1, -0.05) is 40.0 Å². The molecule has 1 atom stereocenters. The summed E-state index contributed by atoms with van der Waals surface area (Å²) in [6.07, 6.45) is 6.00. The van der Waals surface area contributed by atoms with Crippen molar-refractivity contribution >= 4 is 17.5 Å². The van der Waals surface area contributed by atoms with E-state index in [1.165, 1.54) is 18.0 Å². The van der Waals surface area contributed by atoms with Gasteiger partial charge < -0.3 is 11.1 Å². The summed E-state index contributed by atoms with van der Waals surface area (Å²) in [4.78, 5) is 52.6. The number of piperidine rings is 1. The molecule has 2 heterocycles. The van der Waals surface area contributed by atoms with E-state index in [9.17, 15) is 19.2 Å². The lowest BCUT2D eigenvalue weighted by atomic mass is 9.96. The second-order valence-electron chi connectivity index (χ2n) is 9.26. The number of rotatable bonds is 11. The zero-order valence-corrected chi connectivity index (χ0v) is 20.0. The van der Waals surface area contributed by atoms with E-state index in [0.717, 1.165) is 36.7 Å². The molecule has 1 fully saturated rings. The van der Waals surface area contributed by atoms with Gasteiger partial charge in [-0.05, 0) is 31.7 Å². The molecule has 3 N–H and O–H groups in total. The molecule has 9 nitrogen and oxygen atoms in total. The average Bonchev–Trinajstić information content (AvgIpc) is 2.75. The molecule has 1 amide bonds. The molecule has 9 heteroatoms. The number of ketones is 1. The summed E-state index contributed by atoms with van der Waals surface area (Å²) in [5.41, 5.74) is 4.78. The third-order valence-electron chi connectivity index (χ3n) is 5.98. The molecular formula is C23H39N5O4. The van der Waals surface area contributed by atoms with Crippen LogP contribution in [0, 0.1) is 11.8 Å². The van der Waals surface area contributed by atoms with Crippen molar-refractivity contribution < 1.29 is 9.59 Å². The fourth-order valence-electron chi connectivity index (χ4n) is 4.19. The molecule has 180 valence electrons. The van der Waals surface area contributed by atoms with Crippen molar-refractivity contribution in [2.75, 3.05) is 31.9 Å². The smallest absolute Gasteiger partial charge is 0.332 e. The van der Waals surface area contributed by atoms with Gasteiger partial charge in [-0.2, -0.15) is 0 Å². The van der Waals surface area contributed by atoms with Gasteiger partial charge in [-0.25, -0.2) is 4.79 Å². The molecular weight excluding hydrogens is 410 g/mol. The van der Waals surface area contributed by atoms with E-state index >= 15 is 0 Å². The van der Waals surface area contributed by atoms with Gasteiger partial charge in [-0.15, -0.1) is 0 Å². The fraction of sp³-hybridized carbons (Fsp3) is 0.739. The number of carbonyl (C=O) groups excluding carboxylic acids is 2. The lowest BCUT2D eigenvalue weighted by molar-refractivity contribution is -0.126. The summed E-state index contributed by atoms with van der Waals surface area (Å²) in [6.45, 7) is 8.17. The standard InChI is InChI=1S/C23H39N5O4/c1-5-6-7-8-11-25-21(30)17-10-9-12-27(14-17)15-18(29)19-20(24)28(13-16(2)3)23(32)26(4)22(19)31/h16-17H,5-15,24H2,1-4H3,(H,25,30). The van der Waals surface area contributed by atoms with Crippen LogP contribution in [-0.4, -0.2) is 51.9 Å². The summed E-state index contributed by atoms with van der Waals surface area (Å²) in [7, 11) is 1.36. The first-order chi connectivity index (χ1) is 15.2. The third kappa shape index (κ3) is 6.54. The molecule has 1 saturated heterocycles. The Kier molecular flexibility index (Phi) is 9.68. The summed E-state index contributed by atoms with van der Waals surface area (Å²) >= 11 is 0. The van der Waals surface area contributed by atoms with Crippen molar-refractivity contribution in [3.63, 3.8) is 0 Å². The molecule has 0 saturated carbocycles. The molecule has 0 aromatic carbocycles. The van der Waals surface area contributed by atoms with Crippen molar-refractivity contribution in [1.82, 2.24) is 19.4 Å². The van der Waals surface area contributed by atoms with Crippen molar-refractivity contribution in [1.29, 1.82) is 0 Å². The van der Waals surface area contributed by atoms with E-state index in [0.29, 0.717) is 26.2 Å². The normalized spacial score (nSPS) is 17.0. The highest BCUT2D eigenvalue weighted by atomic mass is 16.2. The lowest BCUT2D eigenvalue weighted by Crippen LogP contribution is -2.47. The third-order valence-corrected chi connectivity index (χ3v) is 5.98. The zero-order valence-electron chi connectivity index (χ0n) is 20.0. The molecule has 2 rings (SSSR count). The quantitative estimate of drug-likeness (QED) is 0.389. The number of Topliss-reactive ketones (excluding diaryl/α,β-unsaturated/α-hetero) is 1. The fourth-order valence-corrected chi connectivity index (χ4v) is 4.19. The molecule has 0 spiro atoms. The maximum absolute atomic E-state index is 13.1. The highest BCUT2D eigenvalue weighted by molar-refractivity contribution is 6.01. The minimum absolute atomic E-state index is 0.000394. The minimum Gasteiger partial charge on any atom is -0.384 e. The Morgan fingerprint density at radius 1 is 1.19 bits per heavy atom. The first-order valence-corrected chi connectivity index (χ1v) is 11.8. The SMILES string of the molecule is CCCCCCNC(=O)C1CCCN(CC(=O)c2c(N)n(CC(C)C)c(=O)n(C)c2=O)C1. The minimum atomic E-state index is -0.670. The van der Waals surface area contributed by atoms with Crippen LogP contribution in [0.25, 0.3) is 0 Å². The zero-order chi connectivity index (χ0) is 23.8. The van der Waals surface area contributed by atoms with Crippen molar-refractivity contribution in [3.05, 3.63) is 26.4 Å². The molecule has 1 aliphatic rings. The van der Waals surface area contributed by atoms with Crippen LogP contribution < -0.4 is 22.3 Å². The van der Waals surface area contributed by atoms with Gasteiger partial charge >= 0.3 is 5.69 Å². The van der Waals surface area contributed by atoms with Gasteiger partial charge in [0.25, 0.3) is 5.56 Å². The number of anilines is 1. The second-order valence-corrected chi connectivity index (χ2v) is 9.26. The van der Waals surface area contributed by atoms with Gasteiger partial charge in [0.15, 0.2) is 5.78 Å².